The summed E-state index contributed by atoms with van der Waals surface area (Å²) in [7, 11) is 0. The zero-order chi connectivity index (χ0) is 16.5. The number of nitrogens with zero attached hydrogens (tertiary/aromatic N) is 1. The highest BCUT2D eigenvalue weighted by atomic mass is 16.5. The van der Waals surface area contributed by atoms with Gasteiger partial charge in [0, 0.05) is 12.4 Å². The van der Waals surface area contributed by atoms with Gasteiger partial charge in [0.25, 0.3) is 0 Å². The number of benzene rings is 1. The monoisotopic (exact) mass is 322 g/mol. The minimum Gasteiger partial charge on any atom is -0.374 e. The van der Waals surface area contributed by atoms with Crippen LogP contribution in [0.1, 0.15) is 37.8 Å². The van der Waals surface area contributed by atoms with Gasteiger partial charge in [-0.3, -0.25) is 9.78 Å². The van der Waals surface area contributed by atoms with Gasteiger partial charge in [0.05, 0.1) is 24.2 Å². The lowest BCUT2D eigenvalue weighted by Gasteiger charge is -2.21. The first kappa shape index (κ1) is 15.3. The maximum atomic E-state index is 12.5. The largest absolute Gasteiger partial charge is 0.374 e. The van der Waals surface area contributed by atoms with E-state index in [4.69, 9.17) is 4.74 Å². The van der Waals surface area contributed by atoms with Crippen molar-refractivity contribution in [2.24, 2.45) is 5.92 Å². The first-order valence-electron chi connectivity index (χ1n) is 8.67. The van der Waals surface area contributed by atoms with Crippen molar-refractivity contribution in [2.75, 3.05) is 0 Å². The molecule has 0 saturated carbocycles. The highest BCUT2D eigenvalue weighted by Gasteiger charge is 2.44. The fourth-order valence-corrected chi connectivity index (χ4v) is 3.83. The van der Waals surface area contributed by atoms with Gasteiger partial charge in [0.15, 0.2) is 0 Å². The van der Waals surface area contributed by atoms with Gasteiger partial charge in [0.1, 0.15) is 0 Å². The molecule has 24 heavy (non-hydrogen) atoms. The first-order chi connectivity index (χ1) is 11.7. The van der Waals surface area contributed by atoms with Crippen molar-refractivity contribution in [2.45, 2.75) is 44.4 Å². The van der Waals surface area contributed by atoms with E-state index in [0.717, 1.165) is 36.0 Å². The van der Waals surface area contributed by atoms with Gasteiger partial charge in [-0.25, -0.2) is 0 Å². The number of ether oxygens (including phenoxy) is 1. The minimum atomic E-state index is 0.00289. The Hall–Kier alpha value is -2.20. The molecule has 0 spiro atoms. The Bertz CT molecular complexity index is 714. The van der Waals surface area contributed by atoms with E-state index in [9.17, 15) is 4.79 Å². The van der Waals surface area contributed by atoms with Crippen LogP contribution in [-0.4, -0.2) is 23.1 Å². The molecule has 2 aliphatic rings. The Labute approximate surface area is 142 Å². The molecule has 0 aliphatic carbocycles. The molecule has 2 fully saturated rings. The normalized spacial score (nSPS) is 26.3. The Balaban J connectivity index is 1.41. The van der Waals surface area contributed by atoms with Crippen LogP contribution >= 0.6 is 0 Å². The quantitative estimate of drug-likeness (QED) is 0.937. The average molecular weight is 322 g/mol. The molecule has 4 nitrogen and oxygen atoms in total. The minimum absolute atomic E-state index is 0.00289. The van der Waals surface area contributed by atoms with Gasteiger partial charge in [-0.05, 0) is 55.0 Å². The van der Waals surface area contributed by atoms with Crippen LogP contribution in [0.2, 0.25) is 0 Å². The van der Waals surface area contributed by atoms with Crippen molar-refractivity contribution < 1.29 is 9.53 Å². The topological polar surface area (TPSA) is 51.2 Å². The van der Waals surface area contributed by atoms with Crippen molar-refractivity contribution >= 4 is 5.91 Å². The molecule has 4 atom stereocenters. The summed E-state index contributed by atoms with van der Waals surface area (Å²) in [5.41, 5.74) is 3.42. The lowest BCUT2D eigenvalue weighted by Crippen LogP contribution is -2.37. The summed E-state index contributed by atoms with van der Waals surface area (Å²) in [5, 5.41) is 3.15. The van der Waals surface area contributed by atoms with Gasteiger partial charge < -0.3 is 10.1 Å². The van der Waals surface area contributed by atoms with E-state index in [-0.39, 0.29) is 24.0 Å². The number of hydrogen-bond acceptors (Lipinski definition) is 3. The third-order valence-electron chi connectivity index (χ3n) is 5.23. The van der Waals surface area contributed by atoms with Crippen LogP contribution in [-0.2, 0) is 9.53 Å². The number of carbonyl (C=O) groups is 1. The molecule has 1 aromatic carbocycles. The smallest absolute Gasteiger partial charge is 0.226 e. The van der Waals surface area contributed by atoms with E-state index in [0.29, 0.717) is 6.10 Å². The van der Waals surface area contributed by atoms with E-state index in [1.54, 1.807) is 12.4 Å². The van der Waals surface area contributed by atoms with Crippen LogP contribution in [0.5, 0.6) is 0 Å². The molecule has 124 valence electrons. The summed E-state index contributed by atoms with van der Waals surface area (Å²) in [6.07, 6.45) is 7.05. The van der Waals surface area contributed by atoms with Crippen LogP contribution < -0.4 is 5.32 Å². The van der Waals surface area contributed by atoms with Crippen LogP contribution in [0.15, 0.2) is 48.8 Å². The van der Waals surface area contributed by atoms with Crippen molar-refractivity contribution in [3.8, 4) is 11.1 Å². The number of aromatic nitrogens is 1. The number of fused-ring (bicyclic) bond motifs is 2. The molecule has 2 aliphatic heterocycles. The molecular weight excluding hydrogens is 300 g/mol. The lowest BCUT2D eigenvalue weighted by molar-refractivity contribution is -0.127. The summed E-state index contributed by atoms with van der Waals surface area (Å²) < 4.78 is 5.79. The highest BCUT2D eigenvalue weighted by molar-refractivity contribution is 5.80. The third kappa shape index (κ3) is 2.94. The van der Waals surface area contributed by atoms with Crippen molar-refractivity contribution in [3.63, 3.8) is 0 Å². The van der Waals surface area contributed by atoms with Gasteiger partial charge in [-0.2, -0.15) is 0 Å². The number of rotatable bonds is 4. The van der Waals surface area contributed by atoms with Crippen molar-refractivity contribution in [1.29, 1.82) is 0 Å². The van der Waals surface area contributed by atoms with Crippen LogP contribution in [0.3, 0.4) is 0 Å². The molecule has 0 radical (unpaired) electrons. The second-order valence-corrected chi connectivity index (χ2v) is 6.80. The molecular formula is C20H22N2O2. The Morgan fingerprint density at radius 3 is 2.46 bits per heavy atom. The summed E-state index contributed by atoms with van der Waals surface area (Å²) >= 11 is 0. The van der Waals surface area contributed by atoms with Crippen molar-refractivity contribution in [1.82, 2.24) is 10.3 Å². The molecule has 0 unspecified atom stereocenters. The molecule has 2 bridgehead atoms. The first-order valence-corrected chi connectivity index (χ1v) is 8.67. The number of hydrogen-bond donors (Lipinski definition) is 1. The zero-order valence-corrected chi connectivity index (χ0v) is 13.8. The zero-order valence-electron chi connectivity index (χ0n) is 13.8. The molecule has 1 N–H and O–H groups in total. The van der Waals surface area contributed by atoms with E-state index in [1.165, 1.54) is 0 Å². The predicted octanol–water partition coefficient (Wildman–Crippen LogP) is 3.49. The summed E-state index contributed by atoms with van der Waals surface area (Å²) in [4.78, 5) is 16.6. The summed E-state index contributed by atoms with van der Waals surface area (Å²) in [6.45, 7) is 2.04. The second kappa shape index (κ2) is 6.36. The van der Waals surface area contributed by atoms with Crippen molar-refractivity contribution in [3.05, 3.63) is 54.4 Å². The number of nitrogens with one attached hydrogen (secondary N) is 1. The van der Waals surface area contributed by atoms with Crippen LogP contribution in [0.25, 0.3) is 11.1 Å². The van der Waals surface area contributed by atoms with E-state index in [2.05, 4.69) is 34.6 Å². The fourth-order valence-electron chi connectivity index (χ4n) is 3.83. The molecule has 2 saturated heterocycles. The Kier molecular flexibility index (Phi) is 4.07. The average Bonchev–Trinajstić information content (AvgIpc) is 3.26. The highest BCUT2D eigenvalue weighted by Crippen LogP contribution is 2.39. The molecule has 1 aromatic heterocycles. The van der Waals surface area contributed by atoms with Gasteiger partial charge >= 0.3 is 0 Å². The molecule has 1 amide bonds. The molecule has 3 heterocycles. The van der Waals surface area contributed by atoms with Crippen LogP contribution in [0.4, 0.5) is 0 Å². The maximum absolute atomic E-state index is 12.5. The molecule has 4 rings (SSSR count). The number of pyridine rings is 1. The Morgan fingerprint density at radius 1 is 1.12 bits per heavy atom. The SMILES string of the molecule is C[C@@H](NC(=O)[C@@H]1C[C@H]2CC[C@H]1O2)c1ccc(-c2ccncc2)cc1. The molecule has 4 heteroatoms. The second-order valence-electron chi connectivity index (χ2n) is 6.80. The van der Waals surface area contributed by atoms with Gasteiger partial charge in [-0.1, -0.05) is 24.3 Å². The van der Waals surface area contributed by atoms with Gasteiger partial charge in [-0.15, -0.1) is 0 Å². The fraction of sp³-hybridized carbons (Fsp3) is 0.400. The van der Waals surface area contributed by atoms with Crippen LogP contribution in [0, 0.1) is 5.92 Å². The predicted molar refractivity (Wildman–Crippen MR) is 92.2 cm³/mol. The number of amides is 1. The summed E-state index contributed by atoms with van der Waals surface area (Å²) in [5.74, 6) is 0.162. The lowest BCUT2D eigenvalue weighted by atomic mass is 9.88. The van der Waals surface area contributed by atoms with Gasteiger partial charge in [0.2, 0.25) is 5.91 Å². The van der Waals surface area contributed by atoms with E-state index < -0.39 is 0 Å². The number of carbonyl (C=O) groups excluding carboxylic acids is 1. The van der Waals surface area contributed by atoms with E-state index >= 15 is 0 Å². The third-order valence-corrected chi connectivity index (χ3v) is 5.23. The van der Waals surface area contributed by atoms with E-state index in [1.807, 2.05) is 19.1 Å². The summed E-state index contributed by atoms with van der Waals surface area (Å²) in [6, 6.07) is 12.3. The maximum Gasteiger partial charge on any atom is 0.226 e. The Morgan fingerprint density at radius 2 is 1.83 bits per heavy atom. The standard InChI is InChI=1S/C20H22N2O2/c1-13(22-20(23)18-12-17-6-7-19(18)24-17)14-2-4-15(5-3-14)16-8-10-21-11-9-16/h2-5,8-11,13,17-19H,6-7,12H2,1H3,(H,22,23)/t13-,17-,18-,19-/m1/s1. The molecule has 2 aromatic rings.